The minimum Gasteiger partial charge on any atom is -0.449 e. The number of thioether (sulfide) groups is 1. The molecule has 0 spiro atoms. The number of benzene rings is 2. The lowest BCUT2D eigenvalue weighted by atomic mass is 9.87. The molecule has 1 aromatic heterocycles. The average Bonchev–Trinajstić information content (AvgIpc) is 2.56. The summed E-state index contributed by atoms with van der Waals surface area (Å²) >= 11 is 1.46. The van der Waals surface area contributed by atoms with Gasteiger partial charge in [0.25, 0.3) is 0 Å². The van der Waals surface area contributed by atoms with E-state index in [1.807, 2.05) is 0 Å². The number of halogens is 1. The van der Waals surface area contributed by atoms with Crippen LogP contribution in [0.25, 0.3) is 11.0 Å². The van der Waals surface area contributed by atoms with E-state index in [0.29, 0.717) is 22.0 Å². The first kappa shape index (κ1) is 17.7. The van der Waals surface area contributed by atoms with Crippen LogP contribution in [0.1, 0.15) is 37.5 Å². The fourth-order valence-corrected chi connectivity index (χ4v) is 3.60. The first-order chi connectivity index (χ1) is 11.8. The summed E-state index contributed by atoms with van der Waals surface area (Å²) in [6.45, 7) is 8.23. The second-order valence-corrected chi connectivity index (χ2v) is 8.14. The van der Waals surface area contributed by atoms with Crippen LogP contribution in [0.3, 0.4) is 0 Å². The van der Waals surface area contributed by atoms with Crippen molar-refractivity contribution in [1.82, 2.24) is 0 Å². The zero-order chi connectivity index (χ0) is 18.2. The van der Waals surface area contributed by atoms with Crippen LogP contribution in [0.5, 0.6) is 0 Å². The van der Waals surface area contributed by atoms with Crippen LogP contribution in [0.4, 0.5) is 4.39 Å². The van der Waals surface area contributed by atoms with E-state index in [0.717, 1.165) is 5.56 Å². The minimum absolute atomic E-state index is 0.0267. The van der Waals surface area contributed by atoms with Gasteiger partial charge in [0.05, 0.1) is 0 Å². The van der Waals surface area contributed by atoms with Crippen molar-refractivity contribution in [1.29, 1.82) is 0 Å². The number of hydrogen-bond donors (Lipinski definition) is 0. The molecule has 25 heavy (non-hydrogen) atoms. The summed E-state index contributed by atoms with van der Waals surface area (Å²) in [6, 6.07) is 12.9. The molecule has 4 heteroatoms. The topological polar surface area (TPSA) is 30.2 Å². The van der Waals surface area contributed by atoms with E-state index in [2.05, 4.69) is 45.0 Å². The summed E-state index contributed by atoms with van der Waals surface area (Å²) in [4.78, 5) is 12.4. The zero-order valence-electron chi connectivity index (χ0n) is 14.9. The Morgan fingerprint density at radius 2 is 1.76 bits per heavy atom. The van der Waals surface area contributed by atoms with Gasteiger partial charge in [-0.05, 0) is 35.6 Å². The molecule has 130 valence electrons. The number of fused-ring (bicyclic) bond motifs is 1. The number of hydrogen-bond acceptors (Lipinski definition) is 3. The van der Waals surface area contributed by atoms with E-state index in [-0.39, 0.29) is 16.2 Å². The normalized spacial score (nSPS) is 11.9. The maximum Gasteiger partial charge on any atom is 0.199 e. The van der Waals surface area contributed by atoms with Gasteiger partial charge in [-0.2, -0.15) is 0 Å². The monoisotopic (exact) mass is 355 g/mol. The van der Waals surface area contributed by atoms with Crippen molar-refractivity contribution in [3.8, 4) is 0 Å². The lowest BCUT2D eigenvalue weighted by Crippen LogP contribution is -2.10. The van der Waals surface area contributed by atoms with Crippen LogP contribution in [-0.2, 0) is 11.2 Å². The molecule has 0 saturated carbocycles. The van der Waals surface area contributed by atoms with Crippen molar-refractivity contribution in [3.63, 3.8) is 0 Å². The van der Waals surface area contributed by atoms with Gasteiger partial charge in [-0.25, -0.2) is 4.39 Å². The summed E-state index contributed by atoms with van der Waals surface area (Å²) in [6.07, 6.45) is 0. The summed E-state index contributed by atoms with van der Waals surface area (Å²) in [5.41, 5.74) is 3.00. The predicted molar refractivity (Wildman–Crippen MR) is 102 cm³/mol. The smallest absolute Gasteiger partial charge is 0.199 e. The summed E-state index contributed by atoms with van der Waals surface area (Å²) < 4.78 is 19.7. The molecule has 0 fully saturated rings. The molecule has 3 rings (SSSR count). The van der Waals surface area contributed by atoms with E-state index in [1.54, 1.807) is 19.1 Å². The molecule has 0 unspecified atom stereocenters. The van der Waals surface area contributed by atoms with Crippen molar-refractivity contribution >= 4 is 22.7 Å². The zero-order valence-corrected chi connectivity index (χ0v) is 15.7. The Kier molecular flexibility index (Phi) is 4.74. The fraction of sp³-hybridized carbons (Fsp3) is 0.286. The van der Waals surface area contributed by atoms with Crippen LogP contribution in [0.15, 0.2) is 56.8 Å². The minimum atomic E-state index is -0.538. The summed E-state index contributed by atoms with van der Waals surface area (Å²) in [5.74, 6) is 0.151. The second-order valence-electron chi connectivity index (χ2n) is 7.19. The van der Waals surface area contributed by atoms with Gasteiger partial charge in [0.2, 0.25) is 0 Å². The third-order valence-corrected chi connectivity index (χ3v) is 5.37. The molecule has 1 heterocycles. The third-order valence-electron chi connectivity index (χ3n) is 4.24. The molecule has 0 atom stereocenters. The van der Waals surface area contributed by atoms with Crippen LogP contribution >= 0.6 is 11.8 Å². The highest BCUT2D eigenvalue weighted by molar-refractivity contribution is 7.98. The van der Waals surface area contributed by atoms with Gasteiger partial charge in [-0.3, -0.25) is 4.79 Å². The van der Waals surface area contributed by atoms with Gasteiger partial charge in [0, 0.05) is 11.3 Å². The standard InChI is InChI=1S/C21H21FO2S/c1-13-19(23)18-16(22)6-5-7-17(18)24-20(13)25-12-14-8-10-15(11-9-14)21(2,3)4/h5-11H,12H2,1-4H3/i22-1. The maximum atomic E-state index is 13.9. The molecule has 0 aliphatic carbocycles. The Balaban J connectivity index is 1.86. The predicted octanol–water partition coefficient (Wildman–Crippen LogP) is 5.83. The van der Waals surface area contributed by atoms with E-state index in [1.165, 1.54) is 23.4 Å². The molecule has 0 bridgehead atoms. The quantitative estimate of drug-likeness (QED) is 0.554. The Morgan fingerprint density at radius 1 is 1.08 bits per heavy atom. The van der Waals surface area contributed by atoms with Crippen molar-refractivity contribution in [2.24, 2.45) is 0 Å². The van der Waals surface area contributed by atoms with Crippen LogP contribution < -0.4 is 5.43 Å². The lowest BCUT2D eigenvalue weighted by molar-refractivity contribution is 0.489. The van der Waals surface area contributed by atoms with Crippen molar-refractivity contribution in [3.05, 3.63) is 75.2 Å². The average molecular weight is 355 g/mol. The van der Waals surface area contributed by atoms with Gasteiger partial charge < -0.3 is 4.42 Å². The largest absolute Gasteiger partial charge is 0.449 e. The van der Waals surface area contributed by atoms with E-state index in [4.69, 9.17) is 4.42 Å². The molecule has 0 N–H and O–H groups in total. The molecular weight excluding hydrogens is 334 g/mol. The Bertz CT molecular complexity index is 966. The van der Waals surface area contributed by atoms with Gasteiger partial charge in [0.1, 0.15) is 16.8 Å². The highest BCUT2D eigenvalue weighted by atomic mass is 32.2. The molecular formula is C21H21FO2S. The SMILES string of the molecule is Cc1c(SCc2ccc(C(C)(C)C)cc2)oc2cccc([18F])c2c1=O. The van der Waals surface area contributed by atoms with Gasteiger partial charge in [-0.1, -0.05) is 62.9 Å². The van der Waals surface area contributed by atoms with E-state index >= 15 is 0 Å². The molecule has 3 aromatic rings. The van der Waals surface area contributed by atoms with Crippen LogP contribution in [-0.4, -0.2) is 0 Å². The molecule has 0 saturated heterocycles. The molecule has 0 aliphatic heterocycles. The summed E-state index contributed by atoms with van der Waals surface area (Å²) in [7, 11) is 0. The molecule has 0 radical (unpaired) electrons. The maximum absolute atomic E-state index is 13.9. The third kappa shape index (κ3) is 3.64. The first-order valence-corrected chi connectivity index (χ1v) is 9.20. The molecule has 2 aromatic carbocycles. The summed E-state index contributed by atoms with van der Waals surface area (Å²) in [5, 5.41) is 0.571. The Morgan fingerprint density at radius 3 is 2.40 bits per heavy atom. The Labute approximate surface area is 151 Å². The van der Waals surface area contributed by atoms with Crippen molar-refractivity contribution in [2.45, 2.75) is 44.0 Å². The molecule has 0 aliphatic rings. The van der Waals surface area contributed by atoms with Gasteiger partial charge >= 0.3 is 0 Å². The molecule has 0 amide bonds. The highest BCUT2D eigenvalue weighted by Gasteiger charge is 2.15. The van der Waals surface area contributed by atoms with Crippen molar-refractivity contribution < 1.29 is 8.81 Å². The lowest BCUT2D eigenvalue weighted by Gasteiger charge is -2.19. The van der Waals surface area contributed by atoms with Gasteiger partial charge in [0.15, 0.2) is 10.5 Å². The van der Waals surface area contributed by atoms with Crippen LogP contribution in [0, 0.1) is 12.7 Å². The molecule has 2 nitrogen and oxygen atoms in total. The Hall–Kier alpha value is -2.07. The van der Waals surface area contributed by atoms with Crippen molar-refractivity contribution in [2.75, 3.05) is 0 Å². The highest BCUT2D eigenvalue weighted by Crippen LogP contribution is 2.29. The van der Waals surface area contributed by atoms with E-state index in [9.17, 15) is 9.18 Å². The van der Waals surface area contributed by atoms with E-state index < -0.39 is 5.82 Å². The fourth-order valence-electron chi connectivity index (χ4n) is 2.65. The van der Waals surface area contributed by atoms with Crippen LogP contribution in [0.2, 0.25) is 0 Å². The second kappa shape index (κ2) is 6.68. The number of rotatable bonds is 3. The first-order valence-electron chi connectivity index (χ1n) is 8.21. The van der Waals surface area contributed by atoms with Gasteiger partial charge in [-0.15, -0.1) is 0 Å².